The van der Waals surface area contributed by atoms with E-state index in [9.17, 15) is 17.6 Å². The highest BCUT2D eigenvalue weighted by molar-refractivity contribution is 5.10. The predicted octanol–water partition coefficient (Wildman–Crippen LogP) is 1.46. The first-order chi connectivity index (χ1) is 5.40. The summed E-state index contributed by atoms with van der Waals surface area (Å²) < 4.78 is 51.1. The maximum Gasteiger partial charge on any atom is 0.574 e. The fourth-order valence-corrected chi connectivity index (χ4v) is 0.624. The maximum absolute atomic E-state index is 12.4. The van der Waals surface area contributed by atoms with E-state index in [2.05, 4.69) is 9.84 Å². The van der Waals surface area contributed by atoms with E-state index in [0.717, 1.165) is 7.05 Å². The molecule has 0 aliphatic rings. The standard InChI is InChI=1S/C5H4F4N2O/c1-11-4(3(6)2-10-11)12-5(7,8)9/h2H,1H3. The van der Waals surface area contributed by atoms with Crippen molar-refractivity contribution in [3.63, 3.8) is 0 Å². The molecule has 3 nitrogen and oxygen atoms in total. The lowest BCUT2D eigenvalue weighted by atomic mass is 10.6. The molecule has 1 aromatic heterocycles. The Hall–Kier alpha value is -1.27. The molecule has 0 aliphatic heterocycles. The zero-order valence-corrected chi connectivity index (χ0v) is 5.89. The zero-order chi connectivity index (χ0) is 9.35. The summed E-state index contributed by atoms with van der Waals surface area (Å²) >= 11 is 0. The molecule has 0 fully saturated rings. The van der Waals surface area contributed by atoms with Gasteiger partial charge in [-0.15, -0.1) is 13.2 Å². The molecule has 0 aliphatic carbocycles. The minimum absolute atomic E-state index is 0.640. The van der Waals surface area contributed by atoms with Gasteiger partial charge in [-0.05, 0) is 0 Å². The predicted molar refractivity (Wildman–Crippen MR) is 29.8 cm³/mol. The Bertz CT molecular complexity index is 260. The second-order valence-electron chi connectivity index (χ2n) is 1.97. The van der Waals surface area contributed by atoms with Crippen LogP contribution in [0, 0.1) is 5.82 Å². The molecule has 0 bridgehead atoms. The SMILES string of the molecule is Cn1ncc(F)c1OC(F)(F)F. The van der Waals surface area contributed by atoms with E-state index in [0.29, 0.717) is 10.9 Å². The van der Waals surface area contributed by atoms with E-state index in [1.165, 1.54) is 0 Å². The Kier molecular flexibility index (Phi) is 1.95. The Morgan fingerprint density at radius 3 is 2.42 bits per heavy atom. The van der Waals surface area contributed by atoms with Crippen LogP contribution in [0.4, 0.5) is 17.6 Å². The van der Waals surface area contributed by atoms with Gasteiger partial charge in [0.05, 0.1) is 6.20 Å². The van der Waals surface area contributed by atoms with Crippen molar-refractivity contribution < 1.29 is 22.3 Å². The third-order valence-corrected chi connectivity index (χ3v) is 1.05. The van der Waals surface area contributed by atoms with Crippen molar-refractivity contribution in [1.29, 1.82) is 0 Å². The van der Waals surface area contributed by atoms with Crippen LogP contribution in [0.25, 0.3) is 0 Å². The van der Waals surface area contributed by atoms with E-state index in [4.69, 9.17) is 0 Å². The first kappa shape index (κ1) is 8.82. The van der Waals surface area contributed by atoms with E-state index in [-0.39, 0.29) is 0 Å². The van der Waals surface area contributed by atoms with Gasteiger partial charge in [-0.2, -0.15) is 9.49 Å². The molecule has 7 heteroatoms. The van der Waals surface area contributed by atoms with E-state index >= 15 is 0 Å². The number of ether oxygens (including phenoxy) is 1. The van der Waals surface area contributed by atoms with Crippen molar-refractivity contribution in [2.45, 2.75) is 6.36 Å². The summed E-state index contributed by atoms with van der Waals surface area (Å²) in [6, 6.07) is 0. The quantitative estimate of drug-likeness (QED) is 0.617. The molecule has 0 N–H and O–H groups in total. The van der Waals surface area contributed by atoms with Gasteiger partial charge in [0.25, 0.3) is 5.88 Å². The second kappa shape index (κ2) is 2.65. The third-order valence-electron chi connectivity index (χ3n) is 1.05. The molecule has 0 radical (unpaired) electrons. The van der Waals surface area contributed by atoms with Crippen molar-refractivity contribution in [3.05, 3.63) is 12.0 Å². The number of hydrogen-bond donors (Lipinski definition) is 0. The van der Waals surface area contributed by atoms with Crippen LogP contribution >= 0.6 is 0 Å². The van der Waals surface area contributed by atoms with Crippen LogP contribution in [0.2, 0.25) is 0 Å². The van der Waals surface area contributed by atoms with Gasteiger partial charge < -0.3 is 4.74 Å². The summed E-state index contributed by atoms with van der Waals surface area (Å²) in [7, 11) is 1.14. The molecular weight excluding hydrogens is 180 g/mol. The van der Waals surface area contributed by atoms with Crippen LogP contribution in [-0.4, -0.2) is 16.1 Å². The molecule has 0 spiro atoms. The van der Waals surface area contributed by atoms with Crippen LogP contribution < -0.4 is 4.74 Å². The lowest BCUT2D eigenvalue weighted by Gasteiger charge is -2.07. The molecule has 0 amide bonds. The number of nitrogens with zero attached hydrogens (tertiary/aromatic N) is 2. The summed E-state index contributed by atoms with van der Waals surface area (Å²) in [5.41, 5.74) is 0. The number of halogens is 4. The molecule has 1 rings (SSSR count). The highest BCUT2D eigenvalue weighted by Crippen LogP contribution is 2.23. The van der Waals surface area contributed by atoms with Crippen molar-refractivity contribution in [2.24, 2.45) is 7.05 Å². The number of hydrogen-bond acceptors (Lipinski definition) is 2. The first-order valence-electron chi connectivity index (χ1n) is 2.83. The van der Waals surface area contributed by atoms with Gasteiger partial charge in [-0.3, -0.25) is 0 Å². The molecule has 1 heterocycles. The van der Waals surface area contributed by atoms with Gasteiger partial charge in [0.2, 0.25) is 5.82 Å². The molecule has 0 atom stereocenters. The van der Waals surface area contributed by atoms with Crippen LogP contribution in [0.1, 0.15) is 0 Å². The molecular formula is C5H4F4N2O. The first-order valence-corrected chi connectivity index (χ1v) is 2.83. The summed E-state index contributed by atoms with van der Waals surface area (Å²) in [4.78, 5) is 0. The molecule has 0 saturated heterocycles. The zero-order valence-electron chi connectivity index (χ0n) is 5.89. The minimum atomic E-state index is -4.89. The van der Waals surface area contributed by atoms with Gasteiger partial charge in [-0.25, -0.2) is 4.68 Å². The van der Waals surface area contributed by atoms with E-state index in [1.54, 1.807) is 0 Å². The molecule has 0 aromatic carbocycles. The topological polar surface area (TPSA) is 27.1 Å². The molecule has 1 aromatic rings. The maximum atomic E-state index is 12.4. The van der Waals surface area contributed by atoms with Crippen molar-refractivity contribution >= 4 is 0 Å². The Labute approximate surface area is 64.5 Å². The van der Waals surface area contributed by atoms with Crippen molar-refractivity contribution in [3.8, 4) is 5.88 Å². The summed E-state index contributed by atoms with van der Waals surface area (Å²) in [6.45, 7) is 0. The van der Waals surface area contributed by atoms with E-state index in [1.807, 2.05) is 0 Å². The Balaban J connectivity index is 2.88. The summed E-state index contributed by atoms with van der Waals surface area (Å²) in [6.07, 6.45) is -4.25. The Morgan fingerprint density at radius 1 is 1.50 bits per heavy atom. The number of alkyl halides is 3. The highest BCUT2D eigenvalue weighted by Gasteiger charge is 2.34. The van der Waals surface area contributed by atoms with Crippen molar-refractivity contribution in [1.82, 2.24) is 9.78 Å². The van der Waals surface area contributed by atoms with Crippen LogP contribution in [-0.2, 0) is 7.05 Å². The average Bonchev–Trinajstić information content (AvgIpc) is 2.16. The lowest BCUT2D eigenvalue weighted by Crippen LogP contribution is -2.19. The van der Waals surface area contributed by atoms with Crippen LogP contribution in [0.5, 0.6) is 5.88 Å². The van der Waals surface area contributed by atoms with Gasteiger partial charge in [0.1, 0.15) is 0 Å². The largest absolute Gasteiger partial charge is 0.574 e. The number of aromatic nitrogens is 2. The minimum Gasteiger partial charge on any atom is -0.385 e. The van der Waals surface area contributed by atoms with E-state index < -0.39 is 18.1 Å². The third kappa shape index (κ3) is 1.86. The summed E-state index contributed by atoms with van der Waals surface area (Å²) in [5.74, 6) is -2.09. The fourth-order valence-electron chi connectivity index (χ4n) is 0.624. The van der Waals surface area contributed by atoms with Crippen LogP contribution in [0.15, 0.2) is 6.20 Å². The average molecular weight is 184 g/mol. The van der Waals surface area contributed by atoms with Gasteiger partial charge in [0.15, 0.2) is 0 Å². The van der Waals surface area contributed by atoms with Gasteiger partial charge in [0, 0.05) is 7.05 Å². The number of rotatable bonds is 1. The lowest BCUT2D eigenvalue weighted by molar-refractivity contribution is -0.278. The highest BCUT2D eigenvalue weighted by atomic mass is 19.4. The van der Waals surface area contributed by atoms with Crippen LogP contribution in [0.3, 0.4) is 0 Å². The second-order valence-corrected chi connectivity index (χ2v) is 1.97. The molecule has 0 saturated carbocycles. The Morgan fingerprint density at radius 2 is 2.08 bits per heavy atom. The smallest absolute Gasteiger partial charge is 0.385 e. The van der Waals surface area contributed by atoms with Crippen molar-refractivity contribution in [2.75, 3.05) is 0 Å². The van der Waals surface area contributed by atoms with Gasteiger partial charge >= 0.3 is 6.36 Å². The molecule has 0 unspecified atom stereocenters. The van der Waals surface area contributed by atoms with Gasteiger partial charge in [-0.1, -0.05) is 0 Å². The monoisotopic (exact) mass is 184 g/mol. The molecule has 12 heavy (non-hydrogen) atoms. The number of aryl methyl sites for hydroxylation is 1. The normalized spacial score (nSPS) is 11.8. The summed E-state index contributed by atoms with van der Waals surface area (Å²) in [5, 5.41) is 3.22. The molecule has 68 valence electrons. The fraction of sp³-hybridized carbons (Fsp3) is 0.400.